The molecule has 0 aliphatic heterocycles. The van der Waals surface area contributed by atoms with Crippen molar-refractivity contribution in [2.24, 2.45) is 0 Å². The zero-order valence-corrected chi connectivity index (χ0v) is 17.6. The lowest BCUT2D eigenvalue weighted by Gasteiger charge is -2.22. The minimum Gasteiger partial charge on any atom is -0.497 e. The third-order valence-corrected chi connectivity index (χ3v) is 5.21. The van der Waals surface area contributed by atoms with Gasteiger partial charge in [0.25, 0.3) is 5.91 Å². The van der Waals surface area contributed by atoms with E-state index in [9.17, 15) is 4.79 Å². The second-order valence-corrected chi connectivity index (χ2v) is 7.55. The number of nitrogens with one attached hydrogen (secondary N) is 1. The summed E-state index contributed by atoms with van der Waals surface area (Å²) in [5, 5.41) is 2.99. The fraction of sp³-hybridized carbons (Fsp3) is 0.458. The van der Waals surface area contributed by atoms with Gasteiger partial charge in [-0.2, -0.15) is 0 Å². The molecule has 3 rings (SSSR count). The highest BCUT2D eigenvalue weighted by Crippen LogP contribution is 2.26. The Labute approximate surface area is 173 Å². The minimum absolute atomic E-state index is 0.115. The van der Waals surface area contributed by atoms with Gasteiger partial charge in [-0.05, 0) is 86.6 Å². The van der Waals surface area contributed by atoms with Gasteiger partial charge in [0.2, 0.25) is 0 Å². The van der Waals surface area contributed by atoms with Gasteiger partial charge in [0.15, 0.2) is 6.10 Å². The first-order chi connectivity index (χ1) is 14.1. The van der Waals surface area contributed by atoms with Crippen molar-refractivity contribution in [2.45, 2.75) is 58.1 Å². The molecule has 0 saturated heterocycles. The topological polar surface area (TPSA) is 56.8 Å². The van der Waals surface area contributed by atoms with Crippen LogP contribution in [-0.2, 0) is 17.6 Å². The second kappa shape index (κ2) is 10.2. The summed E-state index contributed by atoms with van der Waals surface area (Å²) in [4.78, 5) is 12.7. The molecule has 0 aromatic heterocycles. The Morgan fingerprint density at radius 3 is 2.34 bits per heavy atom. The van der Waals surface area contributed by atoms with Crippen LogP contribution < -0.4 is 19.5 Å². The molecule has 29 heavy (non-hydrogen) atoms. The third kappa shape index (κ3) is 5.89. The smallest absolute Gasteiger partial charge is 0.261 e. The van der Waals surface area contributed by atoms with E-state index in [0.717, 1.165) is 30.1 Å². The van der Waals surface area contributed by atoms with Crippen LogP contribution >= 0.6 is 0 Å². The quantitative estimate of drug-likeness (QED) is 0.685. The van der Waals surface area contributed by atoms with Gasteiger partial charge in [-0.15, -0.1) is 0 Å². The summed E-state index contributed by atoms with van der Waals surface area (Å²) in [6.45, 7) is 4.27. The molecule has 0 bridgehead atoms. The number of carbonyl (C=O) groups excluding carboxylic acids is 1. The van der Waals surface area contributed by atoms with Gasteiger partial charge in [-0.1, -0.05) is 13.0 Å². The summed E-state index contributed by atoms with van der Waals surface area (Å²) >= 11 is 0. The molecule has 1 amide bonds. The summed E-state index contributed by atoms with van der Waals surface area (Å²) in [6.07, 6.45) is 4.80. The third-order valence-electron chi connectivity index (χ3n) is 5.21. The highest BCUT2D eigenvalue weighted by Gasteiger charge is 2.21. The molecule has 0 spiro atoms. The molecule has 0 unspecified atom stereocenters. The molecular weight excluding hydrogens is 366 g/mol. The average molecular weight is 398 g/mol. The van der Waals surface area contributed by atoms with Crippen LogP contribution in [-0.4, -0.2) is 31.8 Å². The second-order valence-electron chi connectivity index (χ2n) is 7.55. The van der Waals surface area contributed by atoms with Crippen molar-refractivity contribution >= 4 is 5.91 Å². The Morgan fingerprint density at radius 1 is 1.00 bits per heavy atom. The molecule has 2 atom stereocenters. The van der Waals surface area contributed by atoms with Crippen LogP contribution in [0, 0.1) is 0 Å². The van der Waals surface area contributed by atoms with Crippen molar-refractivity contribution in [2.75, 3.05) is 13.7 Å². The van der Waals surface area contributed by atoms with Crippen LogP contribution in [0.15, 0.2) is 42.5 Å². The molecule has 0 radical (unpaired) electrons. The number of ether oxygens (including phenoxy) is 3. The van der Waals surface area contributed by atoms with E-state index in [0.29, 0.717) is 13.0 Å². The maximum Gasteiger partial charge on any atom is 0.261 e. The van der Waals surface area contributed by atoms with Crippen molar-refractivity contribution in [3.05, 3.63) is 53.6 Å². The standard InChI is InChI=1S/C24H31NO4/c1-4-23(29-22-10-9-18-7-5-6-8-19(18)15-22)24(26)25-17(2)16-28-21-13-11-20(27-3)12-14-21/h9-15,17,23H,4-8,16H2,1-3H3,(H,25,26)/t17-,23-/m1/s1. The zero-order valence-electron chi connectivity index (χ0n) is 17.6. The van der Waals surface area contributed by atoms with E-state index in [1.165, 1.54) is 24.0 Å². The van der Waals surface area contributed by atoms with Crippen LogP contribution in [0.2, 0.25) is 0 Å². The molecular formula is C24H31NO4. The first-order valence-electron chi connectivity index (χ1n) is 10.4. The van der Waals surface area contributed by atoms with E-state index in [4.69, 9.17) is 14.2 Å². The summed E-state index contributed by atoms with van der Waals surface area (Å²) in [7, 11) is 1.63. The highest BCUT2D eigenvalue weighted by atomic mass is 16.5. The SMILES string of the molecule is CC[C@@H](Oc1ccc2c(c1)CCCC2)C(=O)N[C@H](C)COc1ccc(OC)cc1. The maximum atomic E-state index is 12.7. The normalized spacial score (nSPS) is 15.0. The van der Waals surface area contributed by atoms with Crippen LogP contribution in [0.4, 0.5) is 0 Å². The number of carbonyl (C=O) groups is 1. The van der Waals surface area contributed by atoms with E-state index in [-0.39, 0.29) is 11.9 Å². The van der Waals surface area contributed by atoms with Crippen molar-refractivity contribution < 1.29 is 19.0 Å². The molecule has 0 heterocycles. The van der Waals surface area contributed by atoms with Crippen LogP contribution in [0.3, 0.4) is 0 Å². The first kappa shape index (κ1) is 21.0. The predicted octanol–water partition coefficient (Wildman–Crippen LogP) is 4.32. The molecule has 1 aliphatic rings. The molecule has 5 nitrogen and oxygen atoms in total. The Kier molecular flexibility index (Phi) is 7.39. The van der Waals surface area contributed by atoms with Gasteiger partial charge >= 0.3 is 0 Å². The Balaban J connectivity index is 1.50. The van der Waals surface area contributed by atoms with Gasteiger partial charge in [0.1, 0.15) is 23.9 Å². The Bertz CT molecular complexity index is 803. The molecule has 2 aromatic carbocycles. The molecule has 156 valence electrons. The number of aryl methyl sites for hydroxylation is 2. The van der Waals surface area contributed by atoms with Crippen molar-refractivity contribution in [1.29, 1.82) is 0 Å². The number of benzene rings is 2. The molecule has 0 saturated carbocycles. The fourth-order valence-electron chi connectivity index (χ4n) is 3.54. The molecule has 2 aromatic rings. The van der Waals surface area contributed by atoms with Gasteiger partial charge in [-0.25, -0.2) is 0 Å². The van der Waals surface area contributed by atoms with E-state index in [1.54, 1.807) is 7.11 Å². The summed E-state index contributed by atoms with van der Waals surface area (Å²) in [5.41, 5.74) is 2.76. The lowest BCUT2D eigenvalue weighted by Crippen LogP contribution is -2.44. The van der Waals surface area contributed by atoms with Gasteiger partial charge in [0.05, 0.1) is 13.2 Å². The Hall–Kier alpha value is -2.69. The molecule has 0 fully saturated rings. The predicted molar refractivity (Wildman–Crippen MR) is 114 cm³/mol. The lowest BCUT2D eigenvalue weighted by atomic mass is 9.92. The maximum absolute atomic E-state index is 12.7. The van der Waals surface area contributed by atoms with Crippen LogP contribution in [0.5, 0.6) is 17.2 Å². The van der Waals surface area contributed by atoms with Crippen molar-refractivity contribution in [3.63, 3.8) is 0 Å². The van der Waals surface area contributed by atoms with Crippen molar-refractivity contribution in [3.8, 4) is 17.2 Å². The Morgan fingerprint density at radius 2 is 1.66 bits per heavy atom. The van der Waals surface area contributed by atoms with Gasteiger partial charge in [0, 0.05) is 0 Å². The first-order valence-corrected chi connectivity index (χ1v) is 10.4. The number of amides is 1. The van der Waals surface area contributed by atoms with E-state index in [2.05, 4.69) is 17.4 Å². The van der Waals surface area contributed by atoms with Gasteiger partial charge < -0.3 is 19.5 Å². The fourth-order valence-corrected chi connectivity index (χ4v) is 3.54. The number of rotatable bonds is 9. The largest absolute Gasteiger partial charge is 0.497 e. The number of fused-ring (bicyclic) bond motifs is 1. The lowest BCUT2D eigenvalue weighted by molar-refractivity contribution is -0.128. The van der Waals surface area contributed by atoms with E-state index < -0.39 is 6.10 Å². The van der Waals surface area contributed by atoms with E-state index in [1.807, 2.05) is 44.2 Å². The molecule has 1 aliphatic carbocycles. The highest BCUT2D eigenvalue weighted by molar-refractivity contribution is 5.81. The summed E-state index contributed by atoms with van der Waals surface area (Å²) < 4.78 is 16.9. The van der Waals surface area contributed by atoms with Crippen molar-refractivity contribution in [1.82, 2.24) is 5.32 Å². The molecule has 1 N–H and O–H groups in total. The zero-order chi connectivity index (χ0) is 20.6. The molecule has 5 heteroatoms. The van der Waals surface area contributed by atoms with Gasteiger partial charge in [-0.3, -0.25) is 4.79 Å². The van der Waals surface area contributed by atoms with Crippen LogP contribution in [0.25, 0.3) is 0 Å². The number of hydrogen-bond acceptors (Lipinski definition) is 4. The monoisotopic (exact) mass is 397 g/mol. The number of hydrogen-bond donors (Lipinski definition) is 1. The van der Waals surface area contributed by atoms with Crippen LogP contribution in [0.1, 0.15) is 44.2 Å². The minimum atomic E-state index is -0.514. The summed E-state index contributed by atoms with van der Waals surface area (Å²) in [6, 6.07) is 13.5. The number of methoxy groups -OCH3 is 1. The van der Waals surface area contributed by atoms with E-state index >= 15 is 0 Å². The summed E-state index contributed by atoms with van der Waals surface area (Å²) in [5.74, 6) is 2.18. The average Bonchev–Trinajstić information content (AvgIpc) is 2.76.